The van der Waals surface area contributed by atoms with Gasteiger partial charge in [-0.1, -0.05) is 49.6 Å². The highest BCUT2D eigenvalue weighted by Gasteiger charge is 2.27. The van der Waals surface area contributed by atoms with E-state index in [2.05, 4.69) is 4.98 Å². The third-order valence-electron chi connectivity index (χ3n) is 5.40. The Hall–Kier alpha value is -2.88. The lowest BCUT2D eigenvalue weighted by Gasteiger charge is -2.34. The van der Waals surface area contributed by atoms with E-state index in [0.717, 1.165) is 35.1 Å². The number of rotatable bonds is 5. The molecule has 0 saturated heterocycles. The topological polar surface area (TPSA) is 42.4 Å². The Morgan fingerprint density at radius 2 is 1.75 bits per heavy atom. The molecule has 28 heavy (non-hydrogen) atoms. The van der Waals surface area contributed by atoms with Gasteiger partial charge in [-0.2, -0.15) is 0 Å². The van der Waals surface area contributed by atoms with Crippen molar-refractivity contribution in [3.05, 3.63) is 66.4 Å². The van der Waals surface area contributed by atoms with Crippen LogP contribution < -0.4 is 9.64 Å². The van der Waals surface area contributed by atoms with Crippen molar-refractivity contribution < 1.29 is 9.53 Å². The van der Waals surface area contributed by atoms with Crippen molar-refractivity contribution in [3.63, 3.8) is 0 Å². The van der Waals surface area contributed by atoms with Crippen LogP contribution in [0.15, 0.2) is 60.7 Å². The Morgan fingerprint density at radius 1 is 1.04 bits per heavy atom. The van der Waals surface area contributed by atoms with Gasteiger partial charge in [0.05, 0.1) is 5.52 Å². The maximum absolute atomic E-state index is 13.2. The quantitative estimate of drug-likeness (QED) is 0.609. The lowest BCUT2D eigenvalue weighted by atomic mass is 9.93. The number of benzene rings is 2. The summed E-state index contributed by atoms with van der Waals surface area (Å²) < 4.78 is 6.02. The highest BCUT2D eigenvalue weighted by molar-refractivity contribution is 5.95. The minimum atomic E-state index is 0.0108. The van der Waals surface area contributed by atoms with Crippen molar-refractivity contribution in [1.29, 1.82) is 0 Å². The monoisotopic (exact) mass is 374 g/mol. The molecular weight excluding hydrogens is 348 g/mol. The van der Waals surface area contributed by atoms with Gasteiger partial charge in [0, 0.05) is 28.9 Å². The Balaban J connectivity index is 1.57. The first-order valence-electron chi connectivity index (χ1n) is 10.1. The summed E-state index contributed by atoms with van der Waals surface area (Å²) in [5.74, 6) is 0.727. The lowest BCUT2D eigenvalue weighted by Crippen LogP contribution is -2.44. The van der Waals surface area contributed by atoms with Crippen molar-refractivity contribution >= 4 is 22.5 Å². The normalized spacial score (nSPS) is 14.8. The molecule has 0 N–H and O–H groups in total. The van der Waals surface area contributed by atoms with E-state index in [9.17, 15) is 4.79 Å². The minimum absolute atomic E-state index is 0.0108. The molecule has 0 bridgehead atoms. The van der Waals surface area contributed by atoms with Crippen molar-refractivity contribution in [2.24, 2.45) is 0 Å². The standard InChI is InChI=1S/C24H26N2O2/c1-18-16-23(21-14-8-9-15-22(21)25-18)28-17-24(27)26(19-10-4-2-5-11-19)20-12-6-3-7-13-20/h2,4-5,8-11,14-16,20H,3,6-7,12-13,17H2,1H3. The van der Waals surface area contributed by atoms with Gasteiger partial charge in [0.2, 0.25) is 0 Å². The summed E-state index contributed by atoms with van der Waals surface area (Å²) in [4.78, 5) is 19.7. The molecule has 1 aliphatic rings. The van der Waals surface area contributed by atoms with Crippen LogP contribution in [0, 0.1) is 6.92 Å². The first kappa shape index (κ1) is 18.5. The summed E-state index contributed by atoms with van der Waals surface area (Å²) in [5.41, 5.74) is 2.73. The molecule has 1 heterocycles. The van der Waals surface area contributed by atoms with Crippen LogP contribution in [0.3, 0.4) is 0 Å². The number of hydrogen-bond acceptors (Lipinski definition) is 3. The van der Waals surface area contributed by atoms with Gasteiger partial charge in [-0.05, 0) is 44.0 Å². The number of ether oxygens (including phenoxy) is 1. The number of fused-ring (bicyclic) bond motifs is 1. The first-order chi connectivity index (χ1) is 13.7. The van der Waals surface area contributed by atoms with Gasteiger partial charge in [-0.25, -0.2) is 0 Å². The van der Waals surface area contributed by atoms with E-state index >= 15 is 0 Å². The molecule has 1 aliphatic carbocycles. The fourth-order valence-electron chi connectivity index (χ4n) is 4.08. The van der Waals surface area contributed by atoms with Crippen LogP contribution >= 0.6 is 0 Å². The molecule has 1 saturated carbocycles. The number of aryl methyl sites for hydroxylation is 1. The molecule has 4 nitrogen and oxygen atoms in total. The maximum Gasteiger partial charge on any atom is 0.265 e. The molecule has 0 unspecified atom stereocenters. The lowest BCUT2D eigenvalue weighted by molar-refractivity contribution is -0.121. The number of aromatic nitrogens is 1. The number of carbonyl (C=O) groups excluding carboxylic acids is 1. The molecule has 1 amide bonds. The largest absolute Gasteiger partial charge is 0.483 e. The number of para-hydroxylation sites is 2. The molecule has 1 aromatic heterocycles. The van der Waals surface area contributed by atoms with Gasteiger partial charge in [-0.15, -0.1) is 0 Å². The van der Waals surface area contributed by atoms with Gasteiger partial charge in [0.15, 0.2) is 6.61 Å². The number of pyridine rings is 1. The van der Waals surface area contributed by atoms with E-state index in [-0.39, 0.29) is 18.6 Å². The summed E-state index contributed by atoms with van der Waals surface area (Å²) in [6, 6.07) is 20.0. The van der Waals surface area contributed by atoms with Crippen LogP contribution in [0.2, 0.25) is 0 Å². The summed E-state index contributed by atoms with van der Waals surface area (Å²) in [7, 11) is 0. The van der Waals surface area contributed by atoms with Gasteiger partial charge in [0.1, 0.15) is 5.75 Å². The van der Waals surface area contributed by atoms with E-state index in [1.165, 1.54) is 19.3 Å². The molecule has 3 aromatic rings. The van der Waals surface area contributed by atoms with E-state index < -0.39 is 0 Å². The van der Waals surface area contributed by atoms with Crippen molar-refractivity contribution in [2.45, 2.75) is 45.1 Å². The second-order valence-corrected chi connectivity index (χ2v) is 7.46. The molecule has 0 radical (unpaired) electrons. The number of carbonyl (C=O) groups is 1. The van der Waals surface area contributed by atoms with Crippen LogP contribution in [0.1, 0.15) is 37.8 Å². The summed E-state index contributed by atoms with van der Waals surface area (Å²) in [6.45, 7) is 1.97. The molecule has 2 aromatic carbocycles. The number of anilines is 1. The van der Waals surface area contributed by atoms with Gasteiger partial charge < -0.3 is 9.64 Å². The molecule has 4 rings (SSSR count). The Labute approximate surface area is 166 Å². The Morgan fingerprint density at radius 3 is 2.54 bits per heavy atom. The average Bonchev–Trinajstić information content (AvgIpc) is 2.73. The second-order valence-electron chi connectivity index (χ2n) is 7.46. The number of nitrogens with zero attached hydrogens (tertiary/aromatic N) is 2. The van der Waals surface area contributed by atoms with Crippen molar-refractivity contribution in [2.75, 3.05) is 11.5 Å². The Bertz CT molecular complexity index is 949. The van der Waals surface area contributed by atoms with Gasteiger partial charge >= 0.3 is 0 Å². The molecule has 0 aliphatic heterocycles. The third kappa shape index (κ3) is 4.01. The average molecular weight is 374 g/mol. The number of amides is 1. The highest BCUT2D eigenvalue weighted by atomic mass is 16.5. The second kappa shape index (κ2) is 8.42. The zero-order valence-corrected chi connectivity index (χ0v) is 16.3. The summed E-state index contributed by atoms with van der Waals surface area (Å²) >= 11 is 0. The molecule has 1 fully saturated rings. The van der Waals surface area contributed by atoms with Gasteiger partial charge in [-0.3, -0.25) is 9.78 Å². The predicted octanol–water partition coefficient (Wildman–Crippen LogP) is 5.29. The van der Waals surface area contributed by atoms with Crippen LogP contribution in [-0.2, 0) is 4.79 Å². The van der Waals surface area contributed by atoms with Crippen molar-refractivity contribution in [3.8, 4) is 5.75 Å². The highest BCUT2D eigenvalue weighted by Crippen LogP contribution is 2.29. The third-order valence-corrected chi connectivity index (χ3v) is 5.40. The van der Waals surface area contributed by atoms with Gasteiger partial charge in [0.25, 0.3) is 5.91 Å². The van der Waals surface area contributed by atoms with E-state index in [4.69, 9.17) is 4.74 Å². The SMILES string of the molecule is Cc1cc(OCC(=O)N(c2ccccc2)C2CCCCC2)c2ccccc2n1. The molecule has 0 atom stereocenters. The predicted molar refractivity (Wildman–Crippen MR) is 113 cm³/mol. The van der Waals surface area contributed by atoms with Crippen molar-refractivity contribution in [1.82, 2.24) is 4.98 Å². The smallest absolute Gasteiger partial charge is 0.265 e. The molecule has 0 spiro atoms. The van der Waals surface area contributed by atoms with E-state index in [0.29, 0.717) is 5.75 Å². The number of hydrogen-bond donors (Lipinski definition) is 0. The molecular formula is C24H26N2O2. The summed E-state index contributed by atoms with van der Waals surface area (Å²) in [5, 5.41) is 0.935. The molecule has 144 valence electrons. The zero-order chi connectivity index (χ0) is 19.3. The van der Waals surface area contributed by atoms with Crippen LogP contribution in [0.5, 0.6) is 5.75 Å². The fourth-order valence-corrected chi connectivity index (χ4v) is 4.08. The molecule has 4 heteroatoms. The maximum atomic E-state index is 13.2. The zero-order valence-electron chi connectivity index (χ0n) is 16.3. The van der Waals surface area contributed by atoms with Crippen LogP contribution in [0.25, 0.3) is 10.9 Å². The van der Waals surface area contributed by atoms with Crippen LogP contribution in [0.4, 0.5) is 5.69 Å². The van der Waals surface area contributed by atoms with E-state index in [1.807, 2.05) is 72.5 Å². The minimum Gasteiger partial charge on any atom is -0.483 e. The first-order valence-corrected chi connectivity index (χ1v) is 10.1. The Kier molecular flexibility index (Phi) is 5.56. The summed E-state index contributed by atoms with van der Waals surface area (Å²) in [6.07, 6.45) is 5.72. The van der Waals surface area contributed by atoms with Crippen LogP contribution in [-0.4, -0.2) is 23.5 Å². The fraction of sp³-hybridized carbons (Fsp3) is 0.333. The van der Waals surface area contributed by atoms with E-state index in [1.54, 1.807) is 0 Å².